The number of likely N-dealkylation sites (tertiary alicyclic amines) is 2. The highest BCUT2D eigenvalue weighted by molar-refractivity contribution is 5.76. The van der Waals surface area contributed by atoms with Crippen LogP contribution in [-0.2, 0) is 4.79 Å². The van der Waals surface area contributed by atoms with Crippen LogP contribution in [0.15, 0.2) is 0 Å². The van der Waals surface area contributed by atoms with Crippen molar-refractivity contribution in [3.8, 4) is 0 Å². The van der Waals surface area contributed by atoms with Gasteiger partial charge in [0.1, 0.15) is 0 Å². The molecule has 1 spiro atoms. The monoisotopic (exact) mass is 406 g/mol. The van der Waals surface area contributed by atoms with Gasteiger partial charge in [0.05, 0.1) is 0 Å². The van der Waals surface area contributed by atoms with Crippen LogP contribution in [0.1, 0.15) is 117 Å². The topological polar surface area (TPSA) is 23.6 Å². The number of nitrogens with zero attached hydrogens (tertiary/aromatic N) is 2. The summed E-state index contributed by atoms with van der Waals surface area (Å²) in [5, 5.41) is 0. The van der Waals surface area contributed by atoms with Gasteiger partial charge in [0, 0.05) is 26.1 Å². The van der Waals surface area contributed by atoms with E-state index in [4.69, 9.17) is 0 Å². The average molecular weight is 407 g/mol. The van der Waals surface area contributed by atoms with Gasteiger partial charge in [-0.2, -0.15) is 0 Å². The number of carbonyl (C=O) groups excluding carboxylic acids is 1. The summed E-state index contributed by atoms with van der Waals surface area (Å²) in [6.07, 6.45) is 19.1. The second kappa shape index (κ2) is 13.7. The van der Waals surface area contributed by atoms with E-state index < -0.39 is 0 Å². The minimum absolute atomic E-state index is 0.422. The van der Waals surface area contributed by atoms with Gasteiger partial charge in [-0.25, -0.2) is 0 Å². The minimum Gasteiger partial charge on any atom is -0.343 e. The Bertz CT molecular complexity index is 432. The fourth-order valence-electron chi connectivity index (χ4n) is 5.43. The lowest BCUT2D eigenvalue weighted by Crippen LogP contribution is -2.48. The summed E-state index contributed by atoms with van der Waals surface area (Å²) in [5.41, 5.74) is 0.540. The van der Waals surface area contributed by atoms with Gasteiger partial charge >= 0.3 is 0 Å². The van der Waals surface area contributed by atoms with Crippen LogP contribution in [0.25, 0.3) is 0 Å². The molecule has 0 N–H and O–H groups in total. The Morgan fingerprint density at radius 3 is 1.97 bits per heavy atom. The molecule has 2 aliphatic rings. The van der Waals surface area contributed by atoms with Crippen LogP contribution in [0.3, 0.4) is 0 Å². The van der Waals surface area contributed by atoms with Crippen LogP contribution in [0.4, 0.5) is 0 Å². The molecular formula is C26H50N2O. The molecule has 1 atom stereocenters. The highest BCUT2D eigenvalue weighted by atomic mass is 16.2. The first kappa shape index (κ1) is 24.7. The fraction of sp³-hybridized carbons (Fsp3) is 0.962. The summed E-state index contributed by atoms with van der Waals surface area (Å²) in [6, 6.07) is 0. The molecule has 1 amide bonds. The van der Waals surface area contributed by atoms with Crippen molar-refractivity contribution in [3.63, 3.8) is 0 Å². The number of piperidine rings is 2. The molecular weight excluding hydrogens is 356 g/mol. The van der Waals surface area contributed by atoms with E-state index in [-0.39, 0.29) is 0 Å². The molecule has 2 aliphatic heterocycles. The van der Waals surface area contributed by atoms with Gasteiger partial charge < -0.3 is 9.80 Å². The van der Waals surface area contributed by atoms with Crippen LogP contribution in [0, 0.1) is 11.3 Å². The van der Waals surface area contributed by atoms with Gasteiger partial charge in [-0.1, -0.05) is 72.1 Å². The number of hydrogen-bond acceptors (Lipinski definition) is 2. The zero-order valence-electron chi connectivity index (χ0n) is 20.0. The predicted molar refractivity (Wildman–Crippen MR) is 125 cm³/mol. The van der Waals surface area contributed by atoms with Crippen LogP contribution in [0.2, 0.25) is 0 Å². The second-order valence-corrected chi connectivity index (χ2v) is 10.3. The first-order valence-electron chi connectivity index (χ1n) is 13.1. The van der Waals surface area contributed by atoms with Crippen molar-refractivity contribution in [3.05, 3.63) is 0 Å². The molecule has 170 valence electrons. The molecule has 2 heterocycles. The Morgan fingerprint density at radius 2 is 1.34 bits per heavy atom. The molecule has 3 heteroatoms. The van der Waals surface area contributed by atoms with Crippen molar-refractivity contribution in [2.75, 3.05) is 32.7 Å². The summed E-state index contributed by atoms with van der Waals surface area (Å²) in [4.78, 5) is 17.4. The van der Waals surface area contributed by atoms with E-state index in [9.17, 15) is 4.79 Å². The van der Waals surface area contributed by atoms with E-state index in [2.05, 4.69) is 30.6 Å². The van der Waals surface area contributed by atoms with E-state index in [0.29, 0.717) is 11.3 Å². The molecule has 0 saturated carbocycles. The van der Waals surface area contributed by atoms with Crippen LogP contribution >= 0.6 is 0 Å². The smallest absolute Gasteiger partial charge is 0.222 e. The van der Waals surface area contributed by atoms with Gasteiger partial charge in [-0.15, -0.1) is 0 Å². The molecule has 0 bridgehead atoms. The van der Waals surface area contributed by atoms with Crippen molar-refractivity contribution in [2.24, 2.45) is 11.3 Å². The van der Waals surface area contributed by atoms with Crippen molar-refractivity contribution in [2.45, 2.75) is 117 Å². The van der Waals surface area contributed by atoms with Crippen molar-refractivity contribution in [1.29, 1.82) is 0 Å². The third kappa shape index (κ3) is 8.99. The van der Waals surface area contributed by atoms with Gasteiger partial charge in [-0.05, 0) is 62.9 Å². The Kier molecular flexibility index (Phi) is 11.6. The predicted octanol–water partition coefficient (Wildman–Crippen LogP) is 6.66. The number of unbranched alkanes of at least 4 members (excludes halogenated alkanes) is 7. The maximum atomic E-state index is 12.5. The van der Waals surface area contributed by atoms with E-state index >= 15 is 0 Å². The zero-order chi connectivity index (χ0) is 21.0. The third-order valence-corrected chi connectivity index (χ3v) is 7.71. The largest absolute Gasteiger partial charge is 0.343 e. The van der Waals surface area contributed by atoms with E-state index in [1.807, 2.05) is 0 Å². The Morgan fingerprint density at radius 1 is 0.793 bits per heavy atom. The highest BCUT2D eigenvalue weighted by Crippen LogP contribution is 2.41. The quantitative estimate of drug-likeness (QED) is 0.319. The van der Waals surface area contributed by atoms with Crippen molar-refractivity contribution in [1.82, 2.24) is 9.80 Å². The lowest BCUT2D eigenvalue weighted by molar-refractivity contribution is -0.134. The summed E-state index contributed by atoms with van der Waals surface area (Å²) >= 11 is 0. The van der Waals surface area contributed by atoms with Gasteiger partial charge in [0.2, 0.25) is 5.91 Å². The van der Waals surface area contributed by atoms with Crippen LogP contribution < -0.4 is 0 Å². The number of carbonyl (C=O) groups is 1. The van der Waals surface area contributed by atoms with Gasteiger partial charge in [-0.3, -0.25) is 4.79 Å². The number of amides is 1. The van der Waals surface area contributed by atoms with Crippen LogP contribution in [0.5, 0.6) is 0 Å². The Labute approximate surface area is 182 Å². The van der Waals surface area contributed by atoms with Crippen LogP contribution in [-0.4, -0.2) is 48.4 Å². The molecule has 0 aliphatic carbocycles. The van der Waals surface area contributed by atoms with E-state index in [1.165, 1.54) is 103 Å². The lowest BCUT2D eigenvalue weighted by Gasteiger charge is -2.47. The molecule has 0 radical (unpaired) electrons. The van der Waals surface area contributed by atoms with E-state index in [0.717, 1.165) is 31.8 Å². The molecule has 29 heavy (non-hydrogen) atoms. The lowest BCUT2D eigenvalue weighted by atomic mass is 9.71. The number of rotatable bonds is 13. The SMILES string of the molecule is CCCCCCCC(=O)N1CCC2(CCN(CC(C)CCCCCC)CC2)CC1. The molecule has 2 fully saturated rings. The molecule has 0 aromatic carbocycles. The third-order valence-electron chi connectivity index (χ3n) is 7.71. The summed E-state index contributed by atoms with van der Waals surface area (Å²) in [7, 11) is 0. The molecule has 2 rings (SSSR count). The number of hydrogen-bond donors (Lipinski definition) is 0. The van der Waals surface area contributed by atoms with Crippen molar-refractivity contribution < 1.29 is 4.79 Å². The molecule has 0 aromatic rings. The highest BCUT2D eigenvalue weighted by Gasteiger charge is 2.38. The second-order valence-electron chi connectivity index (χ2n) is 10.3. The zero-order valence-corrected chi connectivity index (χ0v) is 20.0. The summed E-state index contributed by atoms with van der Waals surface area (Å²) < 4.78 is 0. The molecule has 0 aromatic heterocycles. The average Bonchev–Trinajstić information content (AvgIpc) is 2.73. The normalized spacial score (nSPS) is 20.9. The maximum absolute atomic E-state index is 12.5. The first-order chi connectivity index (χ1) is 14.1. The Hall–Kier alpha value is -0.570. The minimum atomic E-state index is 0.422. The van der Waals surface area contributed by atoms with E-state index in [1.54, 1.807) is 0 Å². The summed E-state index contributed by atoms with van der Waals surface area (Å²) in [6.45, 7) is 12.9. The van der Waals surface area contributed by atoms with Gasteiger partial charge in [0.25, 0.3) is 0 Å². The standard InChI is InChI=1S/C26H50N2O/c1-4-6-8-10-12-14-25(29)28-21-17-26(18-22-28)15-19-27(20-16-26)23-24(3)13-11-9-7-5-2/h24H,4-23H2,1-3H3. The summed E-state index contributed by atoms with van der Waals surface area (Å²) in [5.74, 6) is 1.27. The maximum Gasteiger partial charge on any atom is 0.222 e. The molecule has 1 unspecified atom stereocenters. The Balaban J connectivity index is 1.60. The molecule has 3 nitrogen and oxygen atoms in total. The molecule has 2 saturated heterocycles. The van der Waals surface area contributed by atoms with Gasteiger partial charge in [0.15, 0.2) is 0 Å². The fourth-order valence-corrected chi connectivity index (χ4v) is 5.43. The first-order valence-corrected chi connectivity index (χ1v) is 13.1. The van der Waals surface area contributed by atoms with Crippen molar-refractivity contribution >= 4 is 5.91 Å².